The Kier molecular flexibility index (Phi) is 6.68. The van der Waals surface area contributed by atoms with Crippen LogP contribution in [-0.4, -0.2) is 44.6 Å². The zero-order valence-electron chi connectivity index (χ0n) is 18.6. The van der Waals surface area contributed by atoms with Crippen LogP contribution in [0.4, 0.5) is 0 Å². The number of benzene rings is 1. The SMILES string of the molecule is CC(=O)NC(CC(=O)N1CCCC(c2nnc3n2CCCCC3)C1)c1ccc(C)cc1. The van der Waals surface area contributed by atoms with Gasteiger partial charge in [-0.25, -0.2) is 0 Å². The minimum atomic E-state index is -0.310. The number of hydrogen-bond donors (Lipinski definition) is 1. The molecule has 4 rings (SSSR count). The molecule has 0 bridgehead atoms. The van der Waals surface area contributed by atoms with Crippen LogP contribution in [0.3, 0.4) is 0 Å². The average Bonchev–Trinajstić information content (AvgIpc) is 3.02. The van der Waals surface area contributed by atoms with Gasteiger partial charge in [-0.3, -0.25) is 9.59 Å². The number of amides is 2. The number of aryl methyl sites for hydroxylation is 2. The predicted molar refractivity (Wildman–Crippen MR) is 118 cm³/mol. The summed E-state index contributed by atoms with van der Waals surface area (Å²) in [7, 11) is 0. The molecule has 1 N–H and O–H groups in total. The van der Waals surface area contributed by atoms with Gasteiger partial charge in [-0.1, -0.05) is 36.2 Å². The number of likely N-dealkylation sites (tertiary alicyclic amines) is 1. The number of rotatable bonds is 5. The van der Waals surface area contributed by atoms with Crippen molar-refractivity contribution < 1.29 is 9.59 Å². The van der Waals surface area contributed by atoms with Gasteiger partial charge in [0.1, 0.15) is 11.6 Å². The predicted octanol–water partition coefficient (Wildman–Crippen LogP) is 3.29. The lowest BCUT2D eigenvalue weighted by Gasteiger charge is -2.33. The molecule has 7 heteroatoms. The summed E-state index contributed by atoms with van der Waals surface area (Å²) in [4.78, 5) is 26.9. The fraction of sp³-hybridized carbons (Fsp3) is 0.583. The number of carbonyl (C=O) groups excluding carboxylic acids is 2. The van der Waals surface area contributed by atoms with E-state index < -0.39 is 0 Å². The second-order valence-corrected chi connectivity index (χ2v) is 8.98. The Hall–Kier alpha value is -2.70. The average molecular weight is 424 g/mol. The molecule has 1 saturated heterocycles. The van der Waals surface area contributed by atoms with Gasteiger partial charge in [0.25, 0.3) is 0 Å². The van der Waals surface area contributed by atoms with E-state index in [1.165, 1.54) is 26.2 Å². The molecule has 0 spiro atoms. The molecule has 1 aromatic heterocycles. The lowest BCUT2D eigenvalue weighted by atomic mass is 9.95. The van der Waals surface area contributed by atoms with Gasteiger partial charge in [-0.2, -0.15) is 0 Å². The van der Waals surface area contributed by atoms with E-state index in [4.69, 9.17) is 0 Å². The van der Waals surface area contributed by atoms with Crippen molar-refractivity contribution in [1.29, 1.82) is 0 Å². The largest absolute Gasteiger partial charge is 0.349 e. The summed E-state index contributed by atoms with van der Waals surface area (Å²) in [5, 5.41) is 11.9. The molecule has 2 atom stereocenters. The van der Waals surface area contributed by atoms with Crippen molar-refractivity contribution in [2.75, 3.05) is 13.1 Å². The van der Waals surface area contributed by atoms with E-state index in [9.17, 15) is 9.59 Å². The van der Waals surface area contributed by atoms with Gasteiger partial charge < -0.3 is 14.8 Å². The quantitative estimate of drug-likeness (QED) is 0.800. The summed E-state index contributed by atoms with van der Waals surface area (Å²) < 4.78 is 2.30. The van der Waals surface area contributed by atoms with Crippen molar-refractivity contribution in [2.45, 2.75) is 77.3 Å². The van der Waals surface area contributed by atoms with Gasteiger partial charge in [-0.05, 0) is 38.2 Å². The molecule has 2 aliphatic rings. The Balaban J connectivity index is 1.46. The van der Waals surface area contributed by atoms with Crippen molar-refractivity contribution in [3.8, 4) is 0 Å². The smallest absolute Gasteiger partial charge is 0.225 e. The lowest BCUT2D eigenvalue weighted by Crippen LogP contribution is -2.41. The van der Waals surface area contributed by atoms with Crippen LogP contribution in [0, 0.1) is 6.92 Å². The maximum absolute atomic E-state index is 13.2. The van der Waals surface area contributed by atoms with Gasteiger partial charge in [0, 0.05) is 38.9 Å². The van der Waals surface area contributed by atoms with Crippen molar-refractivity contribution in [3.63, 3.8) is 0 Å². The van der Waals surface area contributed by atoms with Crippen molar-refractivity contribution in [3.05, 3.63) is 47.0 Å². The standard InChI is InChI=1S/C24H33N5O2/c1-17-9-11-19(12-10-17)21(25-18(2)30)15-23(31)28-13-6-7-20(16-28)24-27-26-22-8-4-3-5-14-29(22)24/h9-12,20-21H,3-8,13-16H2,1-2H3,(H,25,30). The van der Waals surface area contributed by atoms with E-state index in [-0.39, 0.29) is 30.2 Å². The Bertz CT molecular complexity index is 921. The van der Waals surface area contributed by atoms with Crippen molar-refractivity contribution >= 4 is 11.8 Å². The molecule has 2 unspecified atom stereocenters. The molecule has 2 aromatic rings. The topological polar surface area (TPSA) is 80.1 Å². The van der Waals surface area contributed by atoms with Crippen LogP contribution in [0.15, 0.2) is 24.3 Å². The van der Waals surface area contributed by atoms with Gasteiger partial charge in [0.05, 0.1) is 12.5 Å². The van der Waals surface area contributed by atoms with Crippen LogP contribution < -0.4 is 5.32 Å². The second kappa shape index (κ2) is 9.62. The fourth-order valence-electron chi connectivity index (χ4n) is 4.82. The highest BCUT2D eigenvalue weighted by molar-refractivity contribution is 5.79. The second-order valence-electron chi connectivity index (χ2n) is 8.98. The zero-order valence-corrected chi connectivity index (χ0v) is 18.6. The van der Waals surface area contributed by atoms with Gasteiger partial charge in [0.2, 0.25) is 11.8 Å². The number of hydrogen-bond acceptors (Lipinski definition) is 4. The van der Waals surface area contributed by atoms with Crippen LogP contribution in [0.2, 0.25) is 0 Å². The molecule has 2 amide bonds. The van der Waals surface area contributed by atoms with E-state index in [1.54, 1.807) is 0 Å². The lowest BCUT2D eigenvalue weighted by molar-refractivity contribution is -0.133. The minimum Gasteiger partial charge on any atom is -0.349 e. The van der Waals surface area contributed by atoms with E-state index in [0.717, 1.165) is 55.1 Å². The van der Waals surface area contributed by atoms with Crippen molar-refractivity contribution in [1.82, 2.24) is 25.0 Å². The first kappa shape index (κ1) is 21.5. The molecule has 2 aliphatic heterocycles. The third-order valence-corrected chi connectivity index (χ3v) is 6.51. The van der Waals surface area contributed by atoms with Crippen molar-refractivity contribution in [2.24, 2.45) is 0 Å². The summed E-state index contributed by atoms with van der Waals surface area (Å²) in [5.74, 6) is 2.34. The molecule has 7 nitrogen and oxygen atoms in total. The van der Waals surface area contributed by atoms with E-state index in [1.807, 2.05) is 36.1 Å². The van der Waals surface area contributed by atoms with Crippen LogP contribution >= 0.6 is 0 Å². The first-order chi connectivity index (χ1) is 15.0. The van der Waals surface area contributed by atoms with Gasteiger partial charge >= 0.3 is 0 Å². The van der Waals surface area contributed by atoms with Crippen LogP contribution in [0.5, 0.6) is 0 Å². The maximum Gasteiger partial charge on any atom is 0.225 e. The third-order valence-electron chi connectivity index (χ3n) is 6.51. The normalized spacial score (nSPS) is 19.9. The number of aromatic nitrogens is 3. The Morgan fingerprint density at radius 2 is 1.90 bits per heavy atom. The molecule has 0 saturated carbocycles. The number of fused-ring (bicyclic) bond motifs is 1. The maximum atomic E-state index is 13.2. The summed E-state index contributed by atoms with van der Waals surface area (Å²) in [5.41, 5.74) is 2.12. The highest BCUT2D eigenvalue weighted by Gasteiger charge is 2.30. The van der Waals surface area contributed by atoms with Crippen LogP contribution in [0.1, 0.15) is 80.2 Å². The Morgan fingerprint density at radius 1 is 1.10 bits per heavy atom. The first-order valence-electron chi connectivity index (χ1n) is 11.5. The summed E-state index contributed by atoms with van der Waals surface area (Å²) >= 11 is 0. The summed E-state index contributed by atoms with van der Waals surface area (Å²) in [6.45, 7) is 5.95. The van der Waals surface area contributed by atoms with Gasteiger partial charge in [0.15, 0.2) is 0 Å². The first-order valence-corrected chi connectivity index (χ1v) is 11.5. The number of nitrogens with one attached hydrogen (secondary N) is 1. The van der Waals surface area contributed by atoms with Gasteiger partial charge in [-0.15, -0.1) is 10.2 Å². The van der Waals surface area contributed by atoms with E-state index >= 15 is 0 Å². The monoisotopic (exact) mass is 423 g/mol. The highest BCUT2D eigenvalue weighted by Crippen LogP contribution is 2.29. The van der Waals surface area contributed by atoms with E-state index in [2.05, 4.69) is 20.1 Å². The molecule has 1 fully saturated rings. The van der Waals surface area contributed by atoms with Crippen LogP contribution in [-0.2, 0) is 22.6 Å². The molecule has 0 radical (unpaired) electrons. The minimum absolute atomic E-state index is 0.0830. The molecular weight excluding hydrogens is 390 g/mol. The fourth-order valence-corrected chi connectivity index (χ4v) is 4.82. The molecule has 0 aliphatic carbocycles. The zero-order chi connectivity index (χ0) is 21.8. The number of nitrogens with zero attached hydrogens (tertiary/aromatic N) is 4. The Labute approximate surface area is 184 Å². The highest BCUT2D eigenvalue weighted by atomic mass is 16.2. The molecule has 166 valence electrons. The Morgan fingerprint density at radius 3 is 2.68 bits per heavy atom. The number of carbonyl (C=O) groups is 2. The third kappa shape index (κ3) is 5.14. The molecular formula is C24H33N5O2. The summed E-state index contributed by atoms with van der Waals surface area (Å²) in [6.07, 6.45) is 6.86. The number of piperidine rings is 1. The van der Waals surface area contributed by atoms with E-state index in [0.29, 0.717) is 6.54 Å². The molecule has 1 aromatic carbocycles. The molecule has 3 heterocycles. The van der Waals surface area contributed by atoms with Crippen LogP contribution in [0.25, 0.3) is 0 Å². The molecule has 31 heavy (non-hydrogen) atoms. The summed E-state index contributed by atoms with van der Waals surface area (Å²) in [6, 6.07) is 7.71.